The van der Waals surface area contributed by atoms with Crippen LogP contribution in [0.2, 0.25) is 0 Å². The standard InChI is InChI=1S/C36H59O4P/c1-12-37-26-36(11,41)22-24-40-35(9,10)32-19-17-31(18-20-32)34(7,8)30-15-13-29(14-16-30)28(4)38-23-21-33(5,6)25-39-27(2)3/h13-20,27-28H,12,21-26,41H2,1-11H3. The van der Waals surface area contributed by atoms with Crippen molar-refractivity contribution in [2.75, 3.05) is 33.0 Å². The largest absolute Gasteiger partial charge is 0.381 e. The Morgan fingerprint density at radius 3 is 1.76 bits per heavy atom. The average molecular weight is 587 g/mol. The van der Waals surface area contributed by atoms with Crippen LogP contribution in [0.3, 0.4) is 0 Å². The van der Waals surface area contributed by atoms with Gasteiger partial charge < -0.3 is 18.9 Å². The number of hydrogen-bond acceptors (Lipinski definition) is 4. The Balaban J connectivity index is 1.97. The normalized spacial score (nSPS) is 15.2. The van der Waals surface area contributed by atoms with Crippen LogP contribution in [0, 0.1) is 5.41 Å². The van der Waals surface area contributed by atoms with Gasteiger partial charge in [0.05, 0.1) is 31.0 Å². The molecule has 0 aliphatic heterocycles. The summed E-state index contributed by atoms with van der Waals surface area (Å²) < 4.78 is 24.0. The van der Waals surface area contributed by atoms with Gasteiger partial charge >= 0.3 is 0 Å². The van der Waals surface area contributed by atoms with Crippen molar-refractivity contribution in [2.24, 2.45) is 5.41 Å². The smallest absolute Gasteiger partial charge is 0.0875 e. The lowest BCUT2D eigenvalue weighted by Gasteiger charge is -2.31. The molecule has 41 heavy (non-hydrogen) atoms. The van der Waals surface area contributed by atoms with Crippen LogP contribution in [0.15, 0.2) is 48.5 Å². The van der Waals surface area contributed by atoms with Gasteiger partial charge in [-0.1, -0.05) is 83.1 Å². The zero-order valence-corrected chi connectivity index (χ0v) is 29.1. The molecule has 0 N–H and O–H groups in total. The molecule has 0 spiro atoms. The predicted octanol–water partition coefficient (Wildman–Crippen LogP) is 9.24. The maximum Gasteiger partial charge on any atom is 0.0875 e. The van der Waals surface area contributed by atoms with Crippen molar-refractivity contribution in [1.29, 1.82) is 0 Å². The van der Waals surface area contributed by atoms with Crippen LogP contribution in [0.4, 0.5) is 0 Å². The van der Waals surface area contributed by atoms with Gasteiger partial charge in [-0.3, -0.25) is 0 Å². The first-order chi connectivity index (χ1) is 19.0. The van der Waals surface area contributed by atoms with Gasteiger partial charge in [-0.25, -0.2) is 0 Å². The molecule has 2 aromatic rings. The lowest BCUT2D eigenvalue weighted by Crippen LogP contribution is -2.29. The van der Waals surface area contributed by atoms with E-state index in [1.165, 1.54) is 22.3 Å². The van der Waals surface area contributed by atoms with E-state index in [4.69, 9.17) is 18.9 Å². The Kier molecular flexibility index (Phi) is 13.5. The van der Waals surface area contributed by atoms with Gasteiger partial charge in [0, 0.05) is 30.4 Å². The third kappa shape index (κ3) is 11.7. The minimum atomic E-state index is -0.358. The van der Waals surface area contributed by atoms with E-state index in [-0.39, 0.29) is 33.8 Å². The Morgan fingerprint density at radius 2 is 1.22 bits per heavy atom. The summed E-state index contributed by atoms with van der Waals surface area (Å²) in [6.07, 6.45) is 2.21. The zero-order chi connectivity index (χ0) is 30.9. The van der Waals surface area contributed by atoms with Gasteiger partial charge in [0.15, 0.2) is 0 Å². The van der Waals surface area contributed by atoms with Gasteiger partial charge in [0.1, 0.15) is 0 Å². The molecule has 0 radical (unpaired) electrons. The van der Waals surface area contributed by atoms with Gasteiger partial charge in [-0.05, 0) is 82.1 Å². The number of hydrogen-bond donors (Lipinski definition) is 0. The number of rotatable bonds is 18. The second-order valence-electron chi connectivity index (χ2n) is 14.0. The van der Waals surface area contributed by atoms with Crippen molar-refractivity contribution in [3.05, 3.63) is 70.8 Å². The second-order valence-corrected chi connectivity index (χ2v) is 15.4. The summed E-state index contributed by atoms with van der Waals surface area (Å²) in [6, 6.07) is 17.9. The molecule has 3 atom stereocenters. The lowest BCUT2D eigenvalue weighted by atomic mass is 9.77. The van der Waals surface area contributed by atoms with Gasteiger partial charge in [-0.2, -0.15) is 0 Å². The summed E-state index contributed by atoms with van der Waals surface area (Å²) >= 11 is 0. The monoisotopic (exact) mass is 586 g/mol. The van der Waals surface area contributed by atoms with E-state index in [1.807, 2.05) is 6.92 Å². The first-order valence-electron chi connectivity index (χ1n) is 15.4. The molecule has 0 aliphatic rings. The summed E-state index contributed by atoms with van der Waals surface area (Å²) in [5.41, 5.74) is 4.60. The highest BCUT2D eigenvalue weighted by molar-refractivity contribution is 7.18. The van der Waals surface area contributed by atoms with E-state index in [2.05, 4.69) is 127 Å². The molecule has 0 heterocycles. The molecular weight excluding hydrogens is 527 g/mol. The molecular formula is C36H59O4P. The molecule has 232 valence electrons. The second kappa shape index (κ2) is 15.4. The number of benzene rings is 2. The van der Waals surface area contributed by atoms with Crippen LogP contribution in [0.1, 0.15) is 117 Å². The third-order valence-corrected chi connectivity index (χ3v) is 8.59. The molecule has 0 saturated carbocycles. The minimum Gasteiger partial charge on any atom is -0.381 e. The Morgan fingerprint density at radius 1 is 0.683 bits per heavy atom. The predicted molar refractivity (Wildman–Crippen MR) is 177 cm³/mol. The van der Waals surface area contributed by atoms with Crippen molar-refractivity contribution < 1.29 is 18.9 Å². The molecule has 0 aromatic heterocycles. The highest BCUT2D eigenvalue weighted by Crippen LogP contribution is 2.35. The Hall–Kier alpha value is -1.29. The molecule has 4 nitrogen and oxygen atoms in total. The van der Waals surface area contributed by atoms with Crippen LogP contribution < -0.4 is 0 Å². The van der Waals surface area contributed by atoms with Crippen molar-refractivity contribution in [1.82, 2.24) is 0 Å². The highest BCUT2D eigenvalue weighted by atomic mass is 31.0. The molecule has 0 saturated heterocycles. The van der Waals surface area contributed by atoms with E-state index in [0.29, 0.717) is 6.61 Å². The van der Waals surface area contributed by atoms with Gasteiger partial charge in [-0.15, -0.1) is 9.24 Å². The summed E-state index contributed by atoms with van der Waals surface area (Å²) in [4.78, 5) is 0. The van der Waals surface area contributed by atoms with E-state index in [0.717, 1.165) is 39.3 Å². The van der Waals surface area contributed by atoms with Gasteiger partial charge in [0.25, 0.3) is 0 Å². The van der Waals surface area contributed by atoms with Crippen molar-refractivity contribution in [3.63, 3.8) is 0 Å². The fraction of sp³-hybridized carbons (Fsp3) is 0.667. The molecule has 2 aromatic carbocycles. The molecule has 0 bridgehead atoms. The van der Waals surface area contributed by atoms with Gasteiger partial charge in [0.2, 0.25) is 0 Å². The molecule has 0 aliphatic carbocycles. The van der Waals surface area contributed by atoms with Crippen LogP contribution in [-0.4, -0.2) is 44.3 Å². The molecule has 3 unspecified atom stereocenters. The number of ether oxygens (including phenoxy) is 4. The maximum atomic E-state index is 6.36. The minimum absolute atomic E-state index is 0.0267. The zero-order valence-electron chi connectivity index (χ0n) is 27.9. The van der Waals surface area contributed by atoms with Crippen molar-refractivity contribution >= 4 is 9.24 Å². The fourth-order valence-electron chi connectivity index (χ4n) is 4.73. The van der Waals surface area contributed by atoms with E-state index in [9.17, 15) is 0 Å². The Labute approximate surface area is 254 Å². The van der Waals surface area contributed by atoms with Crippen molar-refractivity contribution in [3.8, 4) is 0 Å². The summed E-state index contributed by atoms with van der Waals surface area (Å²) in [7, 11) is 2.93. The highest BCUT2D eigenvalue weighted by Gasteiger charge is 2.27. The molecule has 2 rings (SSSR count). The van der Waals surface area contributed by atoms with Crippen molar-refractivity contribution in [2.45, 2.75) is 117 Å². The molecule has 0 amide bonds. The van der Waals surface area contributed by atoms with Crippen LogP contribution in [0.5, 0.6) is 0 Å². The quantitative estimate of drug-likeness (QED) is 0.163. The lowest BCUT2D eigenvalue weighted by molar-refractivity contribution is -0.0285. The molecule has 5 heteroatoms. The average Bonchev–Trinajstić information content (AvgIpc) is 2.90. The topological polar surface area (TPSA) is 36.9 Å². The summed E-state index contributed by atoms with van der Waals surface area (Å²) in [5.74, 6) is 0. The fourth-order valence-corrected chi connectivity index (χ4v) is 4.96. The summed E-state index contributed by atoms with van der Waals surface area (Å²) in [5, 5.41) is 0.0267. The maximum absolute atomic E-state index is 6.36. The van der Waals surface area contributed by atoms with Crippen LogP contribution in [-0.2, 0) is 30.0 Å². The van der Waals surface area contributed by atoms with E-state index < -0.39 is 0 Å². The van der Waals surface area contributed by atoms with E-state index in [1.54, 1.807) is 0 Å². The first-order valence-corrected chi connectivity index (χ1v) is 16.0. The SMILES string of the molecule is CCOCC(C)(P)CCOC(C)(C)c1ccc(C(C)(C)c2ccc(C(C)OCCC(C)(C)COC(C)C)cc2)cc1. The molecule has 0 fully saturated rings. The third-order valence-electron chi connectivity index (χ3n) is 8.13. The summed E-state index contributed by atoms with van der Waals surface area (Å²) in [6.45, 7) is 27.5. The van der Waals surface area contributed by atoms with Crippen LogP contribution >= 0.6 is 9.24 Å². The first kappa shape index (κ1) is 35.9. The Bertz CT molecular complexity index is 1020. The van der Waals surface area contributed by atoms with Crippen LogP contribution in [0.25, 0.3) is 0 Å². The van der Waals surface area contributed by atoms with E-state index >= 15 is 0 Å².